The normalized spacial score (nSPS) is 11.2. The number of hydrogen-bond acceptors (Lipinski definition) is 6. The van der Waals surface area contributed by atoms with Crippen molar-refractivity contribution >= 4 is 11.8 Å². The van der Waals surface area contributed by atoms with Gasteiger partial charge in [0.2, 0.25) is 0 Å². The maximum atomic E-state index is 11.2. The lowest BCUT2D eigenvalue weighted by Crippen LogP contribution is -2.24. The van der Waals surface area contributed by atoms with Gasteiger partial charge in [-0.2, -0.15) is 0 Å². The summed E-state index contributed by atoms with van der Waals surface area (Å²) in [6.45, 7) is 5.16. The van der Waals surface area contributed by atoms with Crippen LogP contribution in [0.2, 0.25) is 0 Å². The Morgan fingerprint density at radius 3 is 2.68 bits per heavy atom. The monoisotopic (exact) mass is 267 g/mol. The number of esters is 1. The second-order valence-electron chi connectivity index (χ2n) is 5.14. The maximum Gasteiger partial charge on any atom is 0.358 e. The predicted octanol–water partition coefficient (Wildman–Crippen LogP) is 1.47. The number of carbonyl (C=O) groups is 1. The van der Waals surface area contributed by atoms with Crippen LogP contribution >= 0.6 is 0 Å². The van der Waals surface area contributed by atoms with E-state index in [1.54, 1.807) is 12.1 Å². The van der Waals surface area contributed by atoms with Gasteiger partial charge in [-0.15, -0.1) is 10.2 Å². The summed E-state index contributed by atoms with van der Waals surface area (Å²) in [5, 5.41) is 19.7. The summed E-state index contributed by atoms with van der Waals surface area (Å²) in [7, 11) is 1.31. The van der Waals surface area contributed by atoms with Crippen LogP contribution in [0.3, 0.4) is 0 Å². The van der Waals surface area contributed by atoms with Gasteiger partial charge in [-0.1, -0.05) is 13.8 Å². The molecule has 19 heavy (non-hydrogen) atoms. The molecule has 0 radical (unpaired) electrons. The highest BCUT2D eigenvalue weighted by molar-refractivity contribution is 5.86. The van der Waals surface area contributed by atoms with Crippen molar-refractivity contribution in [2.75, 3.05) is 25.6 Å². The maximum absolute atomic E-state index is 11.2. The number of hydrogen-bond donors (Lipinski definition) is 2. The molecule has 0 saturated heterocycles. The van der Waals surface area contributed by atoms with Gasteiger partial charge in [0.05, 0.1) is 7.11 Å². The molecule has 0 aliphatic carbocycles. The Labute approximate surface area is 113 Å². The average molecular weight is 267 g/mol. The van der Waals surface area contributed by atoms with Gasteiger partial charge in [0.15, 0.2) is 5.69 Å². The highest BCUT2D eigenvalue weighted by Gasteiger charge is 2.17. The van der Waals surface area contributed by atoms with E-state index in [9.17, 15) is 4.79 Å². The van der Waals surface area contributed by atoms with Crippen LogP contribution in [0, 0.1) is 5.41 Å². The van der Waals surface area contributed by atoms with E-state index in [-0.39, 0.29) is 17.7 Å². The van der Waals surface area contributed by atoms with E-state index in [4.69, 9.17) is 5.11 Å². The number of carbonyl (C=O) groups excluding carboxylic acids is 1. The van der Waals surface area contributed by atoms with Crippen LogP contribution in [0.25, 0.3) is 0 Å². The van der Waals surface area contributed by atoms with Gasteiger partial charge in [-0.3, -0.25) is 0 Å². The molecule has 0 spiro atoms. The fourth-order valence-corrected chi connectivity index (χ4v) is 1.62. The van der Waals surface area contributed by atoms with Crippen LogP contribution in [0.15, 0.2) is 12.1 Å². The first-order valence-electron chi connectivity index (χ1n) is 6.25. The summed E-state index contributed by atoms with van der Waals surface area (Å²) >= 11 is 0. The summed E-state index contributed by atoms with van der Waals surface area (Å²) < 4.78 is 4.55. The fourth-order valence-electron chi connectivity index (χ4n) is 1.62. The fraction of sp³-hybridized carbons (Fsp3) is 0.615. The Hall–Kier alpha value is -1.69. The van der Waals surface area contributed by atoms with Crippen LogP contribution in [0.1, 0.15) is 37.2 Å². The van der Waals surface area contributed by atoms with E-state index < -0.39 is 5.97 Å². The Kier molecular flexibility index (Phi) is 5.69. The van der Waals surface area contributed by atoms with Crippen molar-refractivity contribution in [2.45, 2.75) is 26.7 Å². The van der Waals surface area contributed by atoms with Crippen LogP contribution < -0.4 is 5.32 Å². The number of nitrogens with zero attached hydrogens (tertiary/aromatic N) is 2. The molecule has 0 unspecified atom stereocenters. The third kappa shape index (κ3) is 5.21. The van der Waals surface area contributed by atoms with Crippen LogP contribution in [0.4, 0.5) is 5.82 Å². The minimum atomic E-state index is -0.498. The first-order chi connectivity index (χ1) is 8.98. The molecule has 0 bridgehead atoms. The molecule has 1 aromatic rings. The van der Waals surface area contributed by atoms with Gasteiger partial charge in [0.1, 0.15) is 5.82 Å². The van der Waals surface area contributed by atoms with Gasteiger partial charge in [0.25, 0.3) is 0 Å². The Morgan fingerprint density at radius 2 is 2.16 bits per heavy atom. The SMILES string of the molecule is COC(=O)c1ccc(NCC(C)(C)CCCO)nn1. The second kappa shape index (κ2) is 7.04. The Bertz CT molecular complexity index is 404. The number of nitrogens with one attached hydrogen (secondary N) is 1. The highest BCUT2D eigenvalue weighted by atomic mass is 16.5. The molecule has 0 saturated carbocycles. The number of aromatic nitrogens is 2. The van der Waals surface area contributed by atoms with Crippen molar-refractivity contribution in [3.63, 3.8) is 0 Å². The largest absolute Gasteiger partial charge is 0.464 e. The summed E-state index contributed by atoms with van der Waals surface area (Å²) in [6.07, 6.45) is 1.70. The summed E-state index contributed by atoms with van der Waals surface area (Å²) in [5.41, 5.74) is 0.249. The Balaban J connectivity index is 2.52. The summed E-state index contributed by atoms with van der Waals surface area (Å²) in [5.74, 6) is 0.118. The zero-order valence-electron chi connectivity index (χ0n) is 11.6. The number of anilines is 1. The third-order valence-electron chi connectivity index (χ3n) is 2.82. The van der Waals surface area contributed by atoms with E-state index in [2.05, 4.69) is 34.1 Å². The molecule has 2 N–H and O–H groups in total. The smallest absolute Gasteiger partial charge is 0.358 e. The lowest BCUT2D eigenvalue weighted by molar-refractivity contribution is 0.0592. The predicted molar refractivity (Wildman–Crippen MR) is 72.0 cm³/mol. The number of rotatable bonds is 7. The minimum Gasteiger partial charge on any atom is -0.464 e. The zero-order chi connectivity index (χ0) is 14.3. The quantitative estimate of drug-likeness (QED) is 0.728. The zero-order valence-corrected chi connectivity index (χ0v) is 11.6. The molecule has 1 rings (SSSR count). The molecule has 106 valence electrons. The molecular formula is C13H21N3O3. The lowest BCUT2D eigenvalue weighted by Gasteiger charge is -2.24. The molecule has 0 aliphatic heterocycles. The van der Waals surface area contributed by atoms with Gasteiger partial charge >= 0.3 is 5.97 Å². The van der Waals surface area contributed by atoms with Crippen molar-refractivity contribution in [1.82, 2.24) is 10.2 Å². The van der Waals surface area contributed by atoms with Crippen LogP contribution in [-0.2, 0) is 4.74 Å². The number of aliphatic hydroxyl groups excluding tert-OH is 1. The molecule has 6 heteroatoms. The van der Waals surface area contributed by atoms with E-state index in [1.165, 1.54) is 7.11 Å². The number of aliphatic hydroxyl groups is 1. The molecule has 0 aromatic carbocycles. The number of ether oxygens (including phenoxy) is 1. The lowest BCUT2D eigenvalue weighted by atomic mass is 9.88. The Morgan fingerprint density at radius 1 is 1.42 bits per heavy atom. The van der Waals surface area contributed by atoms with Crippen molar-refractivity contribution in [2.24, 2.45) is 5.41 Å². The van der Waals surface area contributed by atoms with Gasteiger partial charge in [0, 0.05) is 13.2 Å². The molecule has 0 fully saturated rings. The van der Waals surface area contributed by atoms with Crippen LogP contribution in [-0.4, -0.2) is 41.5 Å². The van der Waals surface area contributed by atoms with Crippen molar-refractivity contribution in [3.8, 4) is 0 Å². The van der Waals surface area contributed by atoms with E-state index >= 15 is 0 Å². The highest BCUT2D eigenvalue weighted by Crippen LogP contribution is 2.22. The molecule has 0 amide bonds. The second-order valence-corrected chi connectivity index (χ2v) is 5.14. The molecule has 1 aromatic heterocycles. The van der Waals surface area contributed by atoms with Gasteiger partial charge in [-0.25, -0.2) is 4.79 Å². The molecule has 0 atom stereocenters. The molecule has 1 heterocycles. The minimum absolute atomic E-state index is 0.0609. The van der Waals surface area contributed by atoms with Gasteiger partial charge < -0.3 is 15.2 Å². The van der Waals surface area contributed by atoms with E-state index in [0.717, 1.165) is 19.4 Å². The van der Waals surface area contributed by atoms with Gasteiger partial charge in [-0.05, 0) is 30.4 Å². The van der Waals surface area contributed by atoms with E-state index in [1.807, 2.05) is 0 Å². The average Bonchev–Trinajstić information content (AvgIpc) is 2.43. The third-order valence-corrected chi connectivity index (χ3v) is 2.82. The van der Waals surface area contributed by atoms with Crippen molar-refractivity contribution < 1.29 is 14.6 Å². The van der Waals surface area contributed by atoms with E-state index in [0.29, 0.717) is 5.82 Å². The van der Waals surface area contributed by atoms with Crippen LogP contribution in [0.5, 0.6) is 0 Å². The number of methoxy groups -OCH3 is 1. The topological polar surface area (TPSA) is 84.3 Å². The van der Waals surface area contributed by atoms with Crippen molar-refractivity contribution in [1.29, 1.82) is 0 Å². The molecule has 0 aliphatic rings. The first-order valence-corrected chi connectivity index (χ1v) is 6.25. The standard InChI is InChI=1S/C13H21N3O3/c1-13(2,7-4-8-17)9-14-11-6-5-10(15-16-11)12(18)19-3/h5-6,17H,4,7-9H2,1-3H3,(H,14,16). The summed E-state index contributed by atoms with van der Waals surface area (Å²) in [4.78, 5) is 11.2. The molecular weight excluding hydrogens is 246 g/mol. The molecule has 6 nitrogen and oxygen atoms in total. The van der Waals surface area contributed by atoms with Crippen molar-refractivity contribution in [3.05, 3.63) is 17.8 Å². The first kappa shape index (κ1) is 15.4. The summed E-state index contributed by atoms with van der Waals surface area (Å²) in [6, 6.07) is 3.27.